The first-order chi connectivity index (χ1) is 9.95. The molecule has 21 heavy (non-hydrogen) atoms. The second-order valence-corrected chi connectivity index (χ2v) is 5.46. The van der Waals surface area contributed by atoms with Gasteiger partial charge in [-0.15, -0.1) is 0 Å². The smallest absolute Gasteiger partial charge is 0.0329 e. The molecule has 1 fully saturated rings. The molecule has 0 bridgehead atoms. The first kappa shape index (κ1) is 22.4. The lowest BCUT2D eigenvalue weighted by Gasteiger charge is -2.16. The molecular weight excluding hydrogens is 254 g/mol. The van der Waals surface area contributed by atoms with Crippen LogP contribution in [0.4, 0.5) is 0 Å². The molecule has 1 aliphatic rings. The molecule has 124 valence electrons. The number of aliphatic imine (C=N–C) groups is 1. The van der Waals surface area contributed by atoms with Crippen molar-refractivity contribution in [1.29, 1.82) is 0 Å². The molecule has 1 nitrogen and oxygen atoms in total. The fraction of sp³-hybridized carbons (Fsp3) is 0.750. The van der Waals surface area contributed by atoms with E-state index >= 15 is 0 Å². The molecule has 0 saturated heterocycles. The van der Waals surface area contributed by atoms with Crippen LogP contribution < -0.4 is 0 Å². The summed E-state index contributed by atoms with van der Waals surface area (Å²) in [6, 6.07) is 0. The lowest BCUT2D eigenvalue weighted by atomic mass is 9.90. The van der Waals surface area contributed by atoms with Crippen molar-refractivity contribution in [3.8, 4) is 0 Å². The summed E-state index contributed by atoms with van der Waals surface area (Å²) >= 11 is 0. The molecule has 1 unspecified atom stereocenters. The average molecular weight is 294 g/mol. The van der Waals surface area contributed by atoms with Gasteiger partial charge in [0.2, 0.25) is 0 Å². The summed E-state index contributed by atoms with van der Waals surface area (Å²) in [5.41, 5.74) is 4.44. The molecule has 1 atom stereocenters. The normalized spacial score (nSPS) is 18.9. The van der Waals surface area contributed by atoms with Gasteiger partial charge in [-0.25, -0.2) is 0 Å². The van der Waals surface area contributed by atoms with E-state index < -0.39 is 0 Å². The van der Waals surface area contributed by atoms with E-state index in [0.29, 0.717) is 11.3 Å². The molecule has 0 aromatic heterocycles. The molecule has 1 aliphatic carbocycles. The maximum atomic E-state index is 4.61. The average Bonchev–Trinajstić information content (AvgIpc) is 3.32. The van der Waals surface area contributed by atoms with Gasteiger partial charge in [-0.1, -0.05) is 59.3 Å². The van der Waals surface area contributed by atoms with Crippen LogP contribution in [0, 0.1) is 11.3 Å². The second-order valence-electron chi connectivity index (χ2n) is 5.46. The van der Waals surface area contributed by atoms with Gasteiger partial charge in [0.05, 0.1) is 0 Å². The number of nitrogens with zero attached hydrogens (tertiary/aromatic N) is 1. The van der Waals surface area contributed by atoms with Crippen LogP contribution in [0.3, 0.4) is 0 Å². The Kier molecular flexibility index (Phi) is 12.6. The molecule has 0 spiro atoms. The van der Waals surface area contributed by atoms with Gasteiger partial charge in [0.25, 0.3) is 0 Å². The van der Waals surface area contributed by atoms with Crippen LogP contribution >= 0.6 is 0 Å². The van der Waals surface area contributed by atoms with Gasteiger partial charge in [0.1, 0.15) is 0 Å². The van der Waals surface area contributed by atoms with Crippen molar-refractivity contribution in [3.63, 3.8) is 0 Å². The molecule has 1 saturated carbocycles. The zero-order valence-corrected chi connectivity index (χ0v) is 16.3. The molecule has 0 aliphatic heterocycles. The summed E-state index contributed by atoms with van der Waals surface area (Å²) in [6.45, 7) is 21.1. The van der Waals surface area contributed by atoms with E-state index in [4.69, 9.17) is 0 Å². The van der Waals surface area contributed by atoms with Crippen LogP contribution in [0.25, 0.3) is 0 Å². The molecule has 0 N–H and O–H groups in total. The minimum atomic E-state index is 0.453. The summed E-state index contributed by atoms with van der Waals surface area (Å²) in [6.07, 6.45) is 8.51. The zero-order chi connectivity index (χ0) is 17.1. The first-order valence-electron chi connectivity index (χ1n) is 8.82. The van der Waals surface area contributed by atoms with E-state index in [1.54, 1.807) is 5.57 Å². The standard InChI is InChI=1S/C16H27N.2C2H6/c1-7-14(5)17-15(6)12(3)11-13(4)16(8-2)9-10-16;2*1-2/h7,11-12H,8-10H2,1-6H3;2*1-2H3/b13-11+,14-7-,17-15?;;. The number of allylic oxidation sites excluding steroid dienone is 4. The summed E-state index contributed by atoms with van der Waals surface area (Å²) in [5, 5.41) is 0. The minimum absolute atomic E-state index is 0.453. The summed E-state index contributed by atoms with van der Waals surface area (Å²) in [5.74, 6) is 0.453. The third kappa shape index (κ3) is 7.64. The predicted octanol–water partition coefficient (Wildman–Crippen LogP) is 7.20. The van der Waals surface area contributed by atoms with Crippen molar-refractivity contribution >= 4 is 5.71 Å². The van der Waals surface area contributed by atoms with Crippen LogP contribution in [0.1, 0.15) is 88.5 Å². The zero-order valence-electron chi connectivity index (χ0n) is 16.3. The Bertz CT molecular complexity index is 354. The number of hydrogen-bond donors (Lipinski definition) is 0. The molecule has 0 aromatic carbocycles. The van der Waals surface area contributed by atoms with E-state index in [0.717, 1.165) is 5.70 Å². The van der Waals surface area contributed by atoms with E-state index in [-0.39, 0.29) is 0 Å². The summed E-state index contributed by atoms with van der Waals surface area (Å²) in [7, 11) is 0. The second kappa shape index (κ2) is 11.8. The monoisotopic (exact) mass is 293 g/mol. The van der Waals surface area contributed by atoms with Crippen LogP contribution in [0.15, 0.2) is 28.4 Å². The molecule has 0 amide bonds. The highest BCUT2D eigenvalue weighted by Gasteiger charge is 2.42. The van der Waals surface area contributed by atoms with Crippen LogP contribution in [-0.2, 0) is 0 Å². The van der Waals surface area contributed by atoms with Gasteiger partial charge in [-0.05, 0) is 52.4 Å². The topological polar surface area (TPSA) is 12.4 Å². The highest BCUT2D eigenvalue weighted by Crippen LogP contribution is 2.54. The van der Waals surface area contributed by atoms with Crippen molar-refractivity contribution in [1.82, 2.24) is 0 Å². The third-order valence-corrected chi connectivity index (χ3v) is 4.30. The van der Waals surface area contributed by atoms with Crippen LogP contribution in [0.5, 0.6) is 0 Å². The van der Waals surface area contributed by atoms with Crippen molar-refractivity contribution < 1.29 is 0 Å². The Labute approximate surface area is 134 Å². The van der Waals surface area contributed by atoms with Gasteiger partial charge in [-0.2, -0.15) is 0 Å². The summed E-state index contributed by atoms with van der Waals surface area (Å²) in [4.78, 5) is 4.61. The van der Waals surface area contributed by atoms with Gasteiger partial charge in [0.15, 0.2) is 0 Å². The van der Waals surface area contributed by atoms with E-state index in [1.807, 2.05) is 34.6 Å². The quantitative estimate of drug-likeness (QED) is 0.375. The Balaban J connectivity index is 0. The van der Waals surface area contributed by atoms with Gasteiger partial charge in [-0.3, -0.25) is 4.99 Å². The van der Waals surface area contributed by atoms with E-state index in [2.05, 4.69) is 51.8 Å². The summed E-state index contributed by atoms with van der Waals surface area (Å²) < 4.78 is 0. The molecule has 1 rings (SSSR count). The van der Waals surface area contributed by atoms with Gasteiger partial charge >= 0.3 is 0 Å². The maximum absolute atomic E-state index is 4.61. The van der Waals surface area contributed by atoms with Gasteiger partial charge < -0.3 is 0 Å². The lowest BCUT2D eigenvalue weighted by molar-refractivity contribution is 0.578. The fourth-order valence-corrected chi connectivity index (χ4v) is 2.29. The molecule has 0 radical (unpaired) electrons. The highest BCUT2D eigenvalue weighted by molar-refractivity contribution is 5.86. The SMILES string of the molecule is C/C=C(/C)N=C(C)C(C)/C=C(\C)C1(CC)CC1.CC.CC. The maximum Gasteiger partial charge on any atom is 0.0329 e. The Morgan fingerprint density at radius 1 is 1.10 bits per heavy atom. The van der Waals surface area contributed by atoms with Crippen LogP contribution in [0.2, 0.25) is 0 Å². The van der Waals surface area contributed by atoms with E-state index in [1.165, 1.54) is 25.0 Å². The Morgan fingerprint density at radius 2 is 1.57 bits per heavy atom. The first-order valence-corrected chi connectivity index (χ1v) is 8.82. The van der Waals surface area contributed by atoms with Gasteiger partial charge in [0, 0.05) is 17.3 Å². The molecular formula is C20H39N. The van der Waals surface area contributed by atoms with E-state index in [9.17, 15) is 0 Å². The van der Waals surface area contributed by atoms with Crippen molar-refractivity contribution in [2.45, 2.75) is 88.5 Å². The number of hydrogen-bond acceptors (Lipinski definition) is 1. The van der Waals surface area contributed by atoms with Crippen molar-refractivity contribution in [2.24, 2.45) is 16.3 Å². The minimum Gasteiger partial charge on any atom is -0.263 e. The van der Waals surface area contributed by atoms with Crippen molar-refractivity contribution in [2.75, 3.05) is 0 Å². The molecule has 1 heteroatoms. The Morgan fingerprint density at radius 3 is 1.90 bits per heavy atom. The predicted molar refractivity (Wildman–Crippen MR) is 100 cm³/mol. The van der Waals surface area contributed by atoms with Crippen LogP contribution in [-0.4, -0.2) is 5.71 Å². The van der Waals surface area contributed by atoms with Crippen molar-refractivity contribution in [3.05, 3.63) is 23.4 Å². The molecule has 0 aromatic rings. The number of rotatable bonds is 5. The largest absolute Gasteiger partial charge is 0.263 e. The molecule has 0 heterocycles. The lowest BCUT2D eigenvalue weighted by Crippen LogP contribution is -2.08. The Hall–Kier alpha value is -0.850. The third-order valence-electron chi connectivity index (χ3n) is 4.30. The highest BCUT2D eigenvalue weighted by atomic mass is 14.7. The fourth-order valence-electron chi connectivity index (χ4n) is 2.29.